The number of benzene rings is 2. The predicted molar refractivity (Wildman–Crippen MR) is 60.5 cm³/mol. The monoisotopic (exact) mass is 212 g/mol. The highest BCUT2D eigenvalue weighted by molar-refractivity contribution is 5.48. The van der Waals surface area contributed by atoms with Gasteiger partial charge in [-0.05, 0) is 30.3 Å². The summed E-state index contributed by atoms with van der Waals surface area (Å²) in [5, 5.41) is 9.47. The van der Waals surface area contributed by atoms with Crippen molar-refractivity contribution >= 4 is 0 Å². The van der Waals surface area contributed by atoms with Crippen LogP contribution in [0.4, 0.5) is 4.39 Å². The normalized spacial score (nSPS) is 9.31. The second-order valence-corrected chi connectivity index (χ2v) is 3.28. The summed E-state index contributed by atoms with van der Waals surface area (Å²) < 4.78 is 12.9. The van der Waals surface area contributed by atoms with Crippen LogP contribution >= 0.6 is 0 Å². The topological polar surface area (TPSA) is 20.2 Å². The third-order valence-corrected chi connectivity index (χ3v) is 2.07. The maximum absolute atomic E-state index is 12.9. The van der Waals surface area contributed by atoms with Crippen LogP contribution in [0.1, 0.15) is 11.1 Å². The first-order valence-electron chi connectivity index (χ1n) is 4.81. The van der Waals surface area contributed by atoms with E-state index in [1.54, 1.807) is 36.4 Å². The van der Waals surface area contributed by atoms with E-state index in [0.717, 1.165) is 0 Å². The molecule has 0 unspecified atom stereocenters. The Morgan fingerprint density at radius 2 is 1.75 bits per heavy atom. The first-order chi connectivity index (χ1) is 7.75. The summed E-state index contributed by atoms with van der Waals surface area (Å²) in [4.78, 5) is 0. The number of halogens is 1. The van der Waals surface area contributed by atoms with E-state index in [1.807, 2.05) is 0 Å². The maximum Gasteiger partial charge on any atom is 0.131 e. The van der Waals surface area contributed by atoms with Gasteiger partial charge in [-0.2, -0.15) is 0 Å². The molecule has 0 bridgehead atoms. The zero-order chi connectivity index (χ0) is 11.4. The summed E-state index contributed by atoms with van der Waals surface area (Å²) in [5.74, 6) is 5.40. The van der Waals surface area contributed by atoms with Gasteiger partial charge in [0.2, 0.25) is 0 Å². The van der Waals surface area contributed by atoms with Crippen LogP contribution in [0.3, 0.4) is 0 Å². The van der Waals surface area contributed by atoms with Crippen molar-refractivity contribution in [2.45, 2.75) is 0 Å². The van der Waals surface area contributed by atoms with Gasteiger partial charge >= 0.3 is 0 Å². The molecule has 0 heterocycles. The van der Waals surface area contributed by atoms with Crippen molar-refractivity contribution in [3.05, 3.63) is 65.5 Å². The number of phenols is 1. The Hall–Kier alpha value is -2.27. The van der Waals surface area contributed by atoms with Crippen molar-refractivity contribution in [1.29, 1.82) is 0 Å². The summed E-state index contributed by atoms with van der Waals surface area (Å²) >= 11 is 0. The Balaban J connectivity index is 2.32. The predicted octanol–water partition coefficient (Wildman–Crippen LogP) is 2.93. The van der Waals surface area contributed by atoms with Crippen molar-refractivity contribution < 1.29 is 9.50 Å². The summed E-state index contributed by atoms with van der Waals surface area (Å²) in [6.07, 6.45) is 0. The molecule has 1 N–H and O–H groups in total. The first-order valence-corrected chi connectivity index (χ1v) is 4.81. The van der Waals surface area contributed by atoms with E-state index in [2.05, 4.69) is 11.8 Å². The maximum atomic E-state index is 12.9. The van der Waals surface area contributed by atoms with E-state index in [-0.39, 0.29) is 11.6 Å². The fourth-order valence-corrected chi connectivity index (χ4v) is 1.29. The molecule has 0 aromatic heterocycles. The molecule has 2 aromatic rings. The molecule has 0 saturated carbocycles. The molecule has 0 atom stereocenters. The third kappa shape index (κ3) is 2.40. The molecule has 2 heteroatoms. The third-order valence-electron chi connectivity index (χ3n) is 2.07. The molecular weight excluding hydrogens is 203 g/mol. The smallest absolute Gasteiger partial charge is 0.131 e. The van der Waals surface area contributed by atoms with E-state index >= 15 is 0 Å². The standard InChI is InChI=1S/C14H9FO/c15-13-6-3-4-11(10-13)8-9-12-5-1-2-7-14(12)16/h1-7,10,16H. The van der Waals surface area contributed by atoms with E-state index < -0.39 is 0 Å². The van der Waals surface area contributed by atoms with Gasteiger partial charge in [-0.25, -0.2) is 4.39 Å². The fraction of sp³-hybridized carbons (Fsp3) is 0. The van der Waals surface area contributed by atoms with Crippen LogP contribution in [-0.4, -0.2) is 5.11 Å². The molecular formula is C14H9FO. The van der Waals surface area contributed by atoms with Gasteiger partial charge in [0.25, 0.3) is 0 Å². The quantitative estimate of drug-likeness (QED) is 0.666. The summed E-state index contributed by atoms with van der Waals surface area (Å²) in [6.45, 7) is 0. The number of hydrogen-bond donors (Lipinski definition) is 1. The number of hydrogen-bond acceptors (Lipinski definition) is 1. The van der Waals surface area contributed by atoms with Crippen molar-refractivity contribution in [1.82, 2.24) is 0 Å². The van der Waals surface area contributed by atoms with Crippen LogP contribution in [-0.2, 0) is 0 Å². The molecule has 2 rings (SSSR count). The van der Waals surface area contributed by atoms with Crippen LogP contribution in [0.5, 0.6) is 5.75 Å². The van der Waals surface area contributed by atoms with Crippen LogP contribution in [0, 0.1) is 17.7 Å². The lowest BCUT2D eigenvalue weighted by Gasteiger charge is -1.94. The highest BCUT2D eigenvalue weighted by atomic mass is 19.1. The van der Waals surface area contributed by atoms with Crippen LogP contribution in [0.25, 0.3) is 0 Å². The minimum Gasteiger partial charge on any atom is -0.507 e. The lowest BCUT2D eigenvalue weighted by Crippen LogP contribution is -1.78. The van der Waals surface area contributed by atoms with Crippen molar-refractivity contribution in [2.75, 3.05) is 0 Å². The van der Waals surface area contributed by atoms with Gasteiger partial charge in [-0.1, -0.05) is 30.0 Å². The first kappa shape index (κ1) is 10.3. The second-order valence-electron chi connectivity index (χ2n) is 3.28. The van der Waals surface area contributed by atoms with Gasteiger partial charge in [0.05, 0.1) is 5.56 Å². The van der Waals surface area contributed by atoms with E-state index in [9.17, 15) is 9.50 Å². The molecule has 0 radical (unpaired) electrons. The minimum atomic E-state index is -0.316. The number of phenolic OH excluding ortho intramolecular Hbond substituents is 1. The summed E-state index contributed by atoms with van der Waals surface area (Å²) in [6, 6.07) is 12.8. The molecule has 16 heavy (non-hydrogen) atoms. The van der Waals surface area contributed by atoms with Crippen LogP contribution in [0.2, 0.25) is 0 Å². The molecule has 0 spiro atoms. The Morgan fingerprint density at radius 3 is 2.50 bits per heavy atom. The van der Waals surface area contributed by atoms with E-state index in [1.165, 1.54) is 12.1 Å². The molecule has 0 aliphatic heterocycles. The average molecular weight is 212 g/mol. The molecule has 0 saturated heterocycles. The Kier molecular flexibility index (Phi) is 2.88. The van der Waals surface area contributed by atoms with Crippen molar-refractivity contribution in [3.63, 3.8) is 0 Å². The zero-order valence-corrected chi connectivity index (χ0v) is 8.44. The minimum absolute atomic E-state index is 0.131. The second kappa shape index (κ2) is 4.50. The lowest BCUT2D eigenvalue weighted by molar-refractivity contribution is 0.473. The van der Waals surface area contributed by atoms with Gasteiger partial charge in [-0.15, -0.1) is 0 Å². The Bertz CT molecular complexity index is 564. The average Bonchev–Trinajstić information content (AvgIpc) is 2.28. The van der Waals surface area contributed by atoms with Crippen LogP contribution in [0.15, 0.2) is 48.5 Å². The lowest BCUT2D eigenvalue weighted by atomic mass is 10.1. The number of rotatable bonds is 0. The number of para-hydroxylation sites is 1. The summed E-state index contributed by atoms with van der Waals surface area (Å²) in [5.41, 5.74) is 1.12. The fourth-order valence-electron chi connectivity index (χ4n) is 1.29. The van der Waals surface area contributed by atoms with Crippen molar-refractivity contribution in [2.24, 2.45) is 0 Å². The molecule has 0 aliphatic rings. The molecule has 0 amide bonds. The highest BCUT2D eigenvalue weighted by Gasteiger charge is 1.94. The summed E-state index contributed by atoms with van der Waals surface area (Å²) in [7, 11) is 0. The largest absolute Gasteiger partial charge is 0.507 e. The molecule has 2 aromatic carbocycles. The zero-order valence-electron chi connectivity index (χ0n) is 8.44. The molecule has 1 nitrogen and oxygen atoms in total. The highest BCUT2D eigenvalue weighted by Crippen LogP contribution is 2.13. The van der Waals surface area contributed by atoms with E-state index in [0.29, 0.717) is 11.1 Å². The Labute approximate surface area is 93.2 Å². The van der Waals surface area contributed by atoms with Gasteiger partial charge in [0.1, 0.15) is 11.6 Å². The van der Waals surface area contributed by atoms with Gasteiger partial charge < -0.3 is 5.11 Å². The van der Waals surface area contributed by atoms with E-state index in [4.69, 9.17) is 0 Å². The van der Waals surface area contributed by atoms with Gasteiger partial charge in [0.15, 0.2) is 0 Å². The van der Waals surface area contributed by atoms with Crippen LogP contribution < -0.4 is 0 Å². The Morgan fingerprint density at radius 1 is 0.938 bits per heavy atom. The van der Waals surface area contributed by atoms with Crippen molar-refractivity contribution in [3.8, 4) is 17.6 Å². The van der Waals surface area contributed by atoms with Gasteiger partial charge in [0, 0.05) is 5.56 Å². The van der Waals surface area contributed by atoms with Gasteiger partial charge in [-0.3, -0.25) is 0 Å². The molecule has 0 fully saturated rings. The molecule has 78 valence electrons. The SMILES string of the molecule is Oc1ccccc1C#Cc1cccc(F)c1. The number of aromatic hydroxyl groups is 1. The molecule has 0 aliphatic carbocycles.